The molecule has 6 heteroatoms. The molecular formula is C14H9Cl2FN2S. The fraction of sp³-hybridized carbons (Fsp3) is 0.0714. The van der Waals surface area contributed by atoms with Crippen LogP contribution in [0.5, 0.6) is 0 Å². The second-order valence-electron chi connectivity index (χ2n) is 4.37. The molecule has 0 atom stereocenters. The Morgan fingerprint density at radius 1 is 1.20 bits per heavy atom. The van der Waals surface area contributed by atoms with Gasteiger partial charge in [0.15, 0.2) is 0 Å². The molecule has 0 spiro atoms. The molecule has 1 heterocycles. The number of aryl methyl sites for hydroxylation is 1. The third-order valence-electron chi connectivity index (χ3n) is 2.92. The number of nitrogens with zero attached hydrogens (tertiary/aromatic N) is 1. The van der Waals surface area contributed by atoms with Crippen LogP contribution in [0.3, 0.4) is 0 Å². The van der Waals surface area contributed by atoms with E-state index in [2.05, 4.69) is 9.71 Å². The molecule has 0 aliphatic carbocycles. The summed E-state index contributed by atoms with van der Waals surface area (Å²) in [7, 11) is 0. The van der Waals surface area contributed by atoms with Gasteiger partial charge >= 0.3 is 0 Å². The number of aliphatic imine (C=N–C) groups is 1. The maximum absolute atomic E-state index is 13.7. The van der Waals surface area contributed by atoms with E-state index in [9.17, 15) is 4.39 Å². The number of hydrogen-bond acceptors (Lipinski definition) is 3. The molecule has 0 unspecified atom stereocenters. The van der Waals surface area contributed by atoms with Gasteiger partial charge in [-0.15, -0.1) is 0 Å². The molecule has 0 radical (unpaired) electrons. The van der Waals surface area contributed by atoms with Crippen LogP contribution >= 0.6 is 35.1 Å². The Bertz CT molecular complexity index is 731. The van der Waals surface area contributed by atoms with E-state index in [0.29, 0.717) is 16.5 Å². The first-order chi connectivity index (χ1) is 9.56. The van der Waals surface area contributed by atoms with Gasteiger partial charge in [0.2, 0.25) is 5.29 Å². The van der Waals surface area contributed by atoms with Crippen LogP contribution in [0.2, 0.25) is 5.02 Å². The summed E-state index contributed by atoms with van der Waals surface area (Å²) in [6.07, 6.45) is 0. The molecule has 102 valence electrons. The van der Waals surface area contributed by atoms with Gasteiger partial charge in [-0.25, -0.2) is 9.38 Å². The van der Waals surface area contributed by atoms with E-state index in [1.54, 1.807) is 12.1 Å². The molecule has 3 rings (SSSR count). The Labute approximate surface area is 130 Å². The van der Waals surface area contributed by atoms with Crippen molar-refractivity contribution < 1.29 is 4.39 Å². The topological polar surface area (TPSA) is 24.4 Å². The highest BCUT2D eigenvalue weighted by atomic mass is 35.5. The largest absolute Gasteiger partial charge is 0.300 e. The van der Waals surface area contributed by atoms with Crippen molar-refractivity contribution in [2.24, 2.45) is 4.99 Å². The van der Waals surface area contributed by atoms with Crippen LogP contribution < -0.4 is 4.72 Å². The molecule has 0 amide bonds. The van der Waals surface area contributed by atoms with Crippen molar-refractivity contribution >= 4 is 46.1 Å². The van der Waals surface area contributed by atoms with Gasteiger partial charge in [-0.05, 0) is 54.2 Å². The lowest BCUT2D eigenvalue weighted by molar-refractivity contribution is 0.629. The number of hydrogen-bond donors (Lipinski definition) is 1. The monoisotopic (exact) mass is 326 g/mol. The second kappa shape index (κ2) is 5.28. The first-order valence-corrected chi connectivity index (χ1v) is 7.39. The van der Waals surface area contributed by atoms with E-state index >= 15 is 0 Å². The SMILES string of the molecule is Cc1cc2c(c(-c3cccc(F)c3Cl)c1)N=C(Cl)NS2. The van der Waals surface area contributed by atoms with Gasteiger partial charge in [-0.2, -0.15) is 0 Å². The Kier molecular flexibility index (Phi) is 3.63. The Balaban J connectivity index is 2.30. The Morgan fingerprint density at radius 2 is 2.00 bits per heavy atom. The minimum Gasteiger partial charge on any atom is -0.300 e. The molecule has 2 aromatic carbocycles. The average Bonchev–Trinajstić information content (AvgIpc) is 2.42. The van der Waals surface area contributed by atoms with Gasteiger partial charge in [-0.1, -0.05) is 23.7 Å². The summed E-state index contributed by atoms with van der Waals surface area (Å²) in [5.41, 5.74) is 3.14. The zero-order chi connectivity index (χ0) is 14.3. The Morgan fingerprint density at radius 3 is 2.80 bits per heavy atom. The number of halogens is 3. The van der Waals surface area contributed by atoms with Crippen LogP contribution in [-0.2, 0) is 0 Å². The summed E-state index contributed by atoms with van der Waals surface area (Å²) in [5.74, 6) is -0.448. The first kappa shape index (κ1) is 13.7. The van der Waals surface area contributed by atoms with Crippen LogP contribution in [0, 0.1) is 12.7 Å². The van der Waals surface area contributed by atoms with Gasteiger partial charge in [0.05, 0.1) is 15.6 Å². The fourth-order valence-corrected chi connectivity index (χ4v) is 3.24. The molecule has 1 N–H and O–H groups in total. The van der Waals surface area contributed by atoms with E-state index in [-0.39, 0.29) is 5.02 Å². The molecule has 0 aromatic heterocycles. The van der Waals surface area contributed by atoms with Crippen molar-refractivity contribution in [1.29, 1.82) is 0 Å². The maximum atomic E-state index is 13.7. The third kappa shape index (κ3) is 2.39. The lowest BCUT2D eigenvalue weighted by Gasteiger charge is -2.18. The summed E-state index contributed by atoms with van der Waals surface area (Å²) in [6, 6.07) is 8.66. The third-order valence-corrected chi connectivity index (χ3v) is 4.42. The highest BCUT2D eigenvalue weighted by molar-refractivity contribution is 7.98. The van der Waals surface area contributed by atoms with Crippen molar-refractivity contribution in [3.05, 3.63) is 46.7 Å². The van der Waals surface area contributed by atoms with Crippen LogP contribution in [0.15, 0.2) is 40.2 Å². The summed E-state index contributed by atoms with van der Waals surface area (Å²) in [5, 5.41) is 0.385. The smallest absolute Gasteiger partial charge is 0.206 e. The van der Waals surface area contributed by atoms with Crippen molar-refractivity contribution in [1.82, 2.24) is 4.72 Å². The van der Waals surface area contributed by atoms with Crippen LogP contribution in [0.4, 0.5) is 10.1 Å². The molecular weight excluding hydrogens is 318 g/mol. The lowest BCUT2D eigenvalue weighted by atomic mass is 10.0. The molecule has 1 aliphatic heterocycles. The zero-order valence-electron chi connectivity index (χ0n) is 10.4. The number of rotatable bonds is 1. The molecule has 0 fully saturated rings. The van der Waals surface area contributed by atoms with Crippen molar-refractivity contribution in [3.63, 3.8) is 0 Å². The number of nitrogens with one attached hydrogen (secondary N) is 1. The molecule has 0 saturated carbocycles. The highest BCUT2D eigenvalue weighted by Crippen LogP contribution is 2.43. The maximum Gasteiger partial charge on any atom is 0.206 e. The van der Waals surface area contributed by atoms with Gasteiger partial charge in [-0.3, -0.25) is 0 Å². The molecule has 0 bridgehead atoms. The number of amidine groups is 1. The molecule has 1 aliphatic rings. The molecule has 2 nitrogen and oxygen atoms in total. The zero-order valence-corrected chi connectivity index (χ0v) is 12.7. The van der Waals surface area contributed by atoms with Gasteiger partial charge in [0.1, 0.15) is 5.82 Å². The quantitative estimate of drug-likeness (QED) is 0.568. The van der Waals surface area contributed by atoms with Crippen LogP contribution in [0.25, 0.3) is 11.1 Å². The van der Waals surface area contributed by atoms with E-state index in [4.69, 9.17) is 23.2 Å². The molecule has 20 heavy (non-hydrogen) atoms. The van der Waals surface area contributed by atoms with Crippen molar-refractivity contribution in [3.8, 4) is 11.1 Å². The van der Waals surface area contributed by atoms with Gasteiger partial charge in [0.25, 0.3) is 0 Å². The van der Waals surface area contributed by atoms with Crippen LogP contribution in [0.1, 0.15) is 5.56 Å². The predicted molar refractivity (Wildman–Crippen MR) is 83.5 cm³/mol. The minimum atomic E-state index is -0.448. The van der Waals surface area contributed by atoms with E-state index < -0.39 is 5.82 Å². The first-order valence-electron chi connectivity index (χ1n) is 5.82. The average molecular weight is 327 g/mol. The van der Waals surface area contributed by atoms with Gasteiger partial charge < -0.3 is 4.72 Å². The fourth-order valence-electron chi connectivity index (χ4n) is 2.07. The molecule has 2 aromatic rings. The standard InChI is InChI=1S/C14H9Cl2FN2S/c1-7-5-9(8-3-2-4-10(17)12(8)15)13-11(6-7)20-19-14(16)18-13/h2-6H,1H3,(H,18,19). The summed E-state index contributed by atoms with van der Waals surface area (Å²) >= 11 is 13.4. The van der Waals surface area contributed by atoms with Crippen LogP contribution in [-0.4, -0.2) is 5.29 Å². The summed E-state index contributed by atoms with van der Waals surface area (Å²) in [4.78, 5) is 5.24. The number of benzene rings is 2. The van der Waals surface area contributed by atoms with E-state index in [0.717, 1.165) is 16.0 Å². The number of fused-ring (bicyclic) bond motifs is 1. The minimum absolute atomic E-state index is 0.0927. The van der Waals surface area contributed by atoms with Crippen molar-refractivity contribution in [2.45, 2.75) is 11.8 Å². The highest BCUT2D eigenvalue weighted by Gasteiger charge is 2.19. The summed E-state index contributed by atoms with van der Waals surface area (Å²) in [6.45, 7) is 1.97. The van der Waals surface area contributed by atoms with E-state index in [1.807, 2.05) is 19.1 Å². The van der Waals surface area contributed by atoms with Crippen molar-refractivity contribution in [2.75, 3.05) is 0 Å². The lowest BCUT2D eigenvalue weighted by Crippen LogP contribution is -2.12. The van der Waals surface area contributed by atoms with E-state index in [1.165, 1.54) is 18.0 Å². The predicted octanol–water partition coefficient (Wildman–Crippen LogP) is 5.29. The normalized spacial score (nSPS) is 13.5. The summed E-state index contributed by atoms with van der Waals surface area (Å²) < 4.78 is 16.6. The van der Waals surface area contributed by atoms with Gasteiger partial charge in [0, 0.05) is 11.1 Å². The Hall–Kier alpha value is -1.23. The second-order valence-corrected chi connectivity index (χ2v) is 5.95. The molecule has 0 saturated heterocycles.